The molecule has 0 aliphatic carbocycles. The molecule has 0 atom stereocenters. The first-order chi connectivity index (χ1) is 7.40. The molecule has 2 heteroatoms. The van der Waals surface area contributed by atoms with Gasteiger partial charge in [0.2, 0.25) is 0 Å². The second-order valence-corrected chi connectivity index (χ2v) is 5.06. The Labute approximate surface area is 97.9 Å². The fourth-order valence-corrected chi connectivity index (χ4v) is 1.76. The molecule has 0 fully saturated rings. The highest BCUT2D eigenvalue weighted by atomic mass is 16.5. The van der Waals surface area contributed by atoms with E-state index in [9.17, 15) is 0 Å². The standard InChI is InChI=1S/C14H19NO/c1-10-8-13(16-5)12(14(2,3)4)9-11(10)6-7-15/h8-9H,6H2,1-5H3. The van der Waals surface area contributed by atoms with Crippen molar-refractivity contribution in [2.24, 2.45) is 0 Å². The van der Waals surface area contributed by atoms with Gasteiger partial charge in [0, 0.05) is 0 Å². The topological polar surface area (TPSA) is 33.0 Å². The van der Waals surface area contributed by atoms with Crippen LogP contribution < -0.4 is 4.74 Å². The number of ether oxygens (including phenoxy) is 1. The average Bonchev–Trinajstić information content (AvgIpc) is 2.19. The van der Waals surface area contributed by atoms with E-state index in [1.165, 1.54) is 0 Å². The molecular formula is C14H19NO. The Bertz CT molecular complexity index is 422. The van der Waals surface area contributed by atoms with Crippen LogP contribution in [0.1, 0.15) is 37.5 Å². The van der Waals surface area contributed by atoms with Crippen molar-refractivity contribution in [2.75, 3.05) is 7.11 Å². The van der Waals surface area contributed by atoms with Crippen LogP contribution in [0.5, 0.6) is 5.75 Å². The SMILES string of the molecule is COc1cc(C)c(CC#N)cc1C(C)(C)C. The third kappa shape index (κ3) is 2.55. The summed E-state index contributed by atoms with van der Waals surface area (Å²) in [5, 5.41) is 8.78. The molecule has 0 spiro atoms. The molecule has 1 aromatic rings. The summed E-state index contributed by atoms with van der Waals surface area (Å²) < 4.78 is 5.40. The van der Waals surface area contributed by atoms with Crippen molar-refractivity contribution in [3.63, 3.8) is 0 Å². The molecule has 1 rings (SSSR count). The fraction of sp³-hybridized carbons (Fsp3) is 0.500. The van der Waals surface area contributed by atoms with Gasteiger partial charge in [-0.1, -0.05) is 26.8 Å². The fourth-order valence-electron chi connectivity index (χ4n) is 1.76. The van der Waals surface area contributed by atoms with Gasteiger partial charge < -0.3 is 4.74 Å². The number of benzene rings is 1. The number of nitriles is 1. The van der Waals surface area contributed by atoms with Crippen LogP contribution in [0.4, 0.5) is 0 Å². The molecule has 0 aromatic heterocycles. The van der Waals surface area contributed by atoms with Crippen molar-refractivity contribution in [3.05, 3.63) is 28.8 Å². The van der Waals surface area contributed by atoms with Gasteiger partial charge in [0.25, 0.3) is 0 Å². The quantitative estimate of drug-likeness (QED) is 0.761. The maximum atomic E-state index is 8.78. The van der Waals surface area contributed by atoms with Crippen LogP contribution in [0, 0.1) is 18.3 Å². The van der Waals surface area contributed by atoms with Gasteiger partial charge in [0.1, 0.15) is 5.75 Å². The van der Waals surface area contributed by atoms with Crippen molar-refractivity contribution in [3.8, 4) is 11.8 Å². The Balaban J connectivity index is 3.36. The molecule has 0 N–H and O–H groups in total. The first kappa shape index (κ1) is 12.6. The lowest BCUT2D eigenvalue weighted by Gasteiger charge is -2.23. The summed E-state index contributed by atoms with van der Waals surface area (Å²) in [5.74, 6) is 0.909. The third-order valence-corrected chi connectivity index (χ3v) is 2.74. The molecule has 0 bridgehead atoms. The normalized spacial score (nSPS) is 11.0. The molecule has 0 unspecified atom stereocenters. The van der Waals surface area contributed by atoms with Gasteiger partial charge in [-0.3, -0.25) is 0 Å². The number of nitrogens with zero attached hydrogens (tertiary/aromatic N) is 1. The molecule has 16 heavy (non-hydrogen) atoms. The smallest absolute Gasteiger partial charge is 0.122 e. The Kier molecular flexibility index (Phi) is 3.59. The molecule has 0 amide bonds. The summed E-state index contributed by atoms with van der Waals surface area (Å²) in [4.78, 5) is 0. The highest BCUT2D eigenvalue weighted by Gasteiger charge is 2.20. The number of rotatable bonds is 2. The monoisotopic (exact) mass is 217 g/mol. The number of hydrogen-bond donors (Lipinski definition) is 0. The van der Waals surface area contributed by atoms with Gasteiger partial charge in [-0.25, -0.2) is 0 Å². The number of aryl methyl sites for hydroxylation is 1. The molecule has 0 saturated carbocycles. The minimum absolute atomic E-state index is 0.0310. The first-order valence-electron chi connectivity index (χ1n) is 5.45. The van der Waals surface area contributed by atoms with Crippen molar-refractivity contribution < 1.29 is 4.74 Å². The van der Waals surface area contributed by atoms with Crippen LogP contribution in [-0.4, -0.2) is 7.11 Å². The summed E-state index contributed by atoms with van der Waals surface area (Å²) in [6, 6.07) is 6.32. The average molecular weight is 217 g/mol. The van der Waals surface area contributed by atoms with Crippen molar-refractivity contribution in [1.29, 1.82) is 5.26 Å². The molecule has 0 radical (unpaired) electrons. The van der Waals surface area contributed by atoms with E-state index < -0.39 is 0 Å². The maximum Gasteiger partial charge on any atom is 0.122 e. The zero-order chi connectivity index (χ0) is 12.3. The van der Waals surface area contributed by atoms with E-state index in [1.54, 1.807) is 7.11 Å². The summed E-state index contributed by atoms with van der Waals surface area (Å²) in [6.45, 7) is 8.46. The van der Waals surface area contributed by atoms with Gasteiger partial charge >= 0.3 is 0 Å². The summed E-state index contributed by atoms with van der Waals surface area (Å²) in [7, 11) is 1.69. The molecular weight excluding hydrogens is 198 g/mol. The lowest BCUT2D eigenvalue weighted by Crippen LogP contribution is -2.13. The van der Waals surface area contributed by atoms with E-state index in [1.807, 2.05) is 13.0 Å². The van der Waals surface area contributed by atoms with E-state index in [-0.39, 0.29) is 5.41 Å². The highest BCUT2D eigenvalue weighted by molar-refractivity contribution is 5.46. The number of hydrogen-bond acceptors (Lipinski definition) is 2. The molecule has 2 nitrogen and oxygen atoms in total. The van der Waals surface area contributed by atoms with Crippen LogP contribution in [0.25, 0.3) is 0 Å². The van der Waals surface area contributed by atoms with E-state index in [0.29, 0.717) is 6.42 Å². The van der Waals surface area contributed by atoms with E-state index in [2.05, 4.69) is 32.9 Å². The van der Waals surface area contributed by atoms with E-state index in [0.717, 1.165) is 22.4 Å². The van der Waals surface area contributed by atoms with Crippen LogP contribution >= 0.6 is 0 Å². The van der Waals surface area contributed by atoms with Gasteiger partial charge in [0.15, 0.2) is 0 Å². The summed E-state index contributed by atoms with van der Waals surface area (Å²) in [6.07, 6.45) is 0.457. The van der Waals surface area contributed by atoms with Crippen LogP contribution in [-0.2, 0) is 11.8 Å². The van der Waals surface area contributed by atoms with Crippen LogP contribution in [0.2, 0.25) is 0 Å². The van der Waals surface area contributed by atoms with Crippen LogP contribution in [0.3, 0.4) is 0 Å². The molecule has 86 valence electrons. The minimum Gasteiger partial charge on any atom is -0.496 e. The van der Waals surface area contributed by atoms with Crippen molar-refractivity contribution >= 4 is 0 Å². The maximum absolute atomic E-state index is 8.78. The second kappa shape index (κ2) is 4.57. The van der Waals surface area contributed by atoms with Gasteiger partial charge in [-0.2, -0.15) is 5.26 Å². The Morgan fingerprint density at radius 3 is 2.38 bits per heavy atom. The zero-order valence-electron chi connectivity index (χ0n) is 10.7. The largest absolute Gasteiger partial charge is 0.496 e. The predicted octanol–water partition coefficient (Wildman–Crippen LogP) is 3.37. The Hall–Kier alpha value is -1.49. The van der Waals surface area contributed by atoms with Crippen molar-refractivity contribution in [2.45, 2.75) is 39.5 Å². The molecule has 0 aliphatic heterocycles. The third-order valence-electron chi connectivity index (χ3n) is 2.74. The lowest BCUT2D eigenvalue weighted by atomic mass is 9.84. The second-order valence-electron chi connectivity index (χ2n) is 5.06. The summed E-state index contributed by atoms with van der Waals surface area (Å²) >= 11 is 0. The van der Waals surface area contributed by atoms with Gasteiger partial charge in [0.05, 0.1) is 19.6 Å². The van der Waals surface area contributed by atoms with Crippen molar-refractivity contribution in [1.82, 2.24) is 0 Å². The molecule has 1 aromatic carbocycles. The lowest BCUT2D eigenvalue weighted by molar-refractivity contribution is 0.397. The number of methoxy groups -OCH3 is 1. The first-order valence-corrected chi connectivity index (χ1v) is 5.45. The van der Waals surface area contributed by atoms with Gasteiger partial charge in [-0.05, 0) is 35.1 Å². The van der Waals surface area contributed by atoms with Crippen LogP contribution in [0.15, 0.2) is 12.1 Å². The molecule has 0 aliphatic rings. The zero-order valence-corrected chi connectivity index (χ0v) is 10.7. The molecule has 0 heterocycles. The van der Waals surface area contributed by atoms with E-state index in [4.69, 9.17) is 10.00 Å². The Morgan fingerprint density at radius 1 is 1.31 bits per heavy atom. The predicted molar refractivity (Wildman–Crippen MR) is 65.7 cm³/mol. The minimum atomic E-state index is 0.0310. The van der Waals surface area contributed by atoms with Gasteiger partial charge in [-0.15, -0.1) is 0 Å². The highest BCUT2D eigenvalue weighted by Crippen LogP contribution is 2.33. The summed E-state index contributed by atoms with van der Waals surface area (Å²) in [5.41, 5.74) is 3.40. The van der Waals surface area contributed by atoms with E-state index >= 15 is 0 Å². The Morgan fingerprint density at radius 2 is 1.94 bits per heavy atom. The molecule has 0 saturated heterocycles.